The lowest BCUT2D eigenvalue weighted by Crippen LogP contribution is -2.37. The molecule has 2 heterocycles. The number of nitrogens with one attached hydrogen (secondary N) is 2. The van der Waals surface area contributed by atoms with Gasteiger partial charge in [0, 0.05) is 19.2 Å². The highest BCUT2D eigenvalue weighted by molar-refractivity contribution is 6.37. The molecule has 28 heavy (non-hydrogen) atoms. The quantitative estimate of drug-likeness (QED) is 0.485. The van der Waals surface area contributed by atoms with Crippen molar-refractivity contribution >= 4 is 41.3 Å². The summed E-state index contributed by atoms with van der Waals surface area (Å²) in [6.07, 6.45) is 0. The van der Waals surface area contributed by atoms with Gasteiger partial charge in [0.1, 0.15) is 11.6 Å². The molecule has 0 spiro atoms. The minimum absolute atomic E-state index is 0.0295. The Hall–Kier alpha value is -3.28. The molecule has 2 amide bonds. The van der Waals surface area contributed by atoms with Crippen molar-refractivity contribution in [1.29, 1.82) is 0 Å². The lowest BCUT2D eigenvalue weighted by atomic mass is 10.4. The van der Waals surface area contributed by atoms with E-state index in [9.17, 15) is 19.2 Å². The van der Waals surface area contributed by atoms with Gasteiger partial charge in [0.2, 0.25) is 5.95 Å². The standard InChI is InChI=1S/C16H21N5O7/c1-3-27-14(24)12(22)17-10-9-11(21-5-7-26-8-6-21)19-16(18-10)20-13(23)15(25)28-4-2/h9H,3-8H2,1-2H3,(H2,17,18,19,20,22,23). The lowest BCUT2D eigenvalue weighted by Gasteiger charge is -2.28. The largest absolute Gasteiger partial charge is 0.459 e. The summed E-state index contributed by atoms with van der Waals surface area (Å²) < 4.78 is 14.5. The Kier molecular flexibility index (Phi) is 7.63. The molecule has 12 heteroatoms. The zero-order valence-corrected chi connectivity index (χ0v) is 15.5. The molecule has 0 unspecified atom stereocenters. The predicted octanol–water partition coefficient (Wildman–Crippen LogP) is -0.684. The molecule has 152 valence electrons. The Balaban J connectivity index is 2.24. The van der Waals surface area contributed by atoms with Crippen LogP contribution in [0.2, 0.25) is 0 Å². The van der Waals surface area contributed by atoms with Crippen molar-refractivity contribution in [2.45, 2.75) is 13.8 Å². The van der Waals surface area contributed by atoms with Crippen LogP contribution in [-0.2, 0) is 33.4 Å². The lowest BCUT2D eigenvalue weighted by molar-refractivity contribution is -0.152. The molecule has 1 aliphatic heterocycles. The summed E-state index contributed by atoms with van der Waals surface area (Å²) in [5, 5.41) is 4.50. The summed E-state index contributed by atoms with van der Waals surface area (Å²) in [5.74, 6) is -4.18. The van der Waals surface area contributed by atoms with Gasteiger partial charge in [-0.15, -0.1) is 0 Å². The van der Waals surface area contributed by atoms with E-state index in [1.165, 1.54) is 6.07 Å². The number of carbonyl (C=O) groups excluding carboxylic acids is 4. The van der Waals surface area contributed by atoms with Crippen molar-refractivity contribution in [2.24, 2.45) is 0 Å². The molecule has 0 atom stereocenters. The van der Waals surface area contributed by atoms with E-state index in [0.29, 0.717) is 32.1 Å². The van der Waals surface area contributed by atoms with E-state index in [4.69, 9.17) is 4.74 Å². The maximum Gasteiger partial charge on any atom is 0.397 e. The Morgan fingerprint density at radius 2 is 1.57 bits per heavy atom. The van der Waals surface area contributed by atoms with Gasteiger partial charge in [0.05, 0.1) is 26.4 Å². The third-order valence-corrected chi connectivity index (χ3v) is 3.44. The number of hydrogen-bond donors (Lipinski definition) is 2. The van der Waals surface area contributed by atoms with Gasteiger partial charge in [-0.3, -0.25) is 14.9 Å². The zero-order chi connectivity index (χ0) is 20.5. The number of nitrogens with zero attached hydrogens (tertiary/aromatic N) is 3. The topological polar surface area (TPSA) is 149 Å². The van der Waals surface area contributed by atoms with E-state index in [1.54, 1.807) is 13.8 Å². The van der Waals surface area contributed by atoms with Gasteiger partial charge in [-0.25, -0.2) is 9.59 Å². The average Bonchev–Trinajstić information content (AvgIpc) is 2.68. The van der Waals surface area contributed by atoms with Crippen molar-refractivity contribution in [1.82, 2.24) is 9.97 Å². The van der Waals surface area contributed by atoms with Gasteiger partial charge in [0.15, 0.2) is 0 Å². The SMILES string of the molecule is CCOC(=O)C(=O)Nc1cc(N2CCOCC2)nc(NC(=O)C(=O)OCC)n1. The van der Waals surface area contributed by atoms with Crippen molar-refractivity contribution in [3.8, 4) is 0 Å². The van der Waals surface area contributed by atoms with E-state index in [2.05, 4.69) is 30.1 Å². The van der Waals surface area contributed by atoms with Crippen molar-refractivity contribution in [2.75, 3.05) is 55.1 Å². The average molecular weight is 395 g/mol. The Morgan fingerprint density at radius 3 is 2.14 bits per heavy atom. The van der Waals surface area contributed by atoms with Crippen LogP contribution in [0.1, 0.15) is 13.8 Å². The summed E-state index contributed by atoms with van der Waals surface area (Å²) in [6, 6.07) is 1.43. The normalized spacial score (nSPS) is 13.4. The van der Waals surface area contributed by atoms with E-state index in [0.717, 1.165) is 0 Å². The minimum Gasteiger partial charge on any atom is -0.459 e. The second-order valence-electron chi connectivity index (χ2n) is 5.38. The Morgan fingerprint density at radius 1 is 1.00 bits per heavy atom. The number of morpholine rings is 1. The highest BCUT2D eigenvalue weighted by Crippen LogP contribution is 2.19. The summed E-state index contributed by atoms with van der Waals surface area (Å²) >= 11 is 0. The van der Waals surface area contributed by atoms with Crippen LogP contribution in [-0.4, -0.2) is 73.2 Å². The van der Waals surface area contributed by atoms with Crippen molar-refractivity contribution in [3.05, 3.63) is 6.07 Å². The van der Waals surface area contributed by atoms with Crippen molar-refractivity contribution in [3.63, 3.8) is 0 Å². The number of aromatic nitrogens is 2. The second kappa shape index (κ2) is 10.2. The summed E-state index contributed by atoms with van der Waals surface area (Å²) in [4.78, 5) is 56.7. The van der Waals surface area contributed by atoms with Gasteiger partial charge >= 0.3 is 23.8 Å². The maximum atomic E-state index is 11.9. The maximum absolute atomic E-state index is 11.9. The van der Waals surface area contributed by atoms with Crippen LogP contribution in [0.15, 0.2) is 6.07 Å². The number of carbonyl (C=O) groups is 4. The van der Waals surface area contributed by atoms with Gasteiger partial charge in [0.25, 0.3) is 0 Å². The molecule has 0 aromatic carbocycles. The number of ether oxygens (including phenoxy) is 3. The predicted molar refractivity (Wildman–Crippen MR) is 95.6 cm³/mol. The first kappa shape index (κ1) is 21.0. The molecule has 0 saturated carbocycles. The third-order valence-electron chi connectivity index (χ3n) is 3.44. The smallest absolute Gasteiger partial charge is 0.397 e. The molecule has 1 saturated heterocycles. The molecule has 1 fully saturated rings. The monoisotopic (exact) mass is 395 g/mol. The van der Waals surface area contributed by atoms with Crippen LogP contribution in [0.25, 0.3) is 0 Å². The summed E-state index contributed by atoms with van der Waals surface area (Å²) in [5.41, 5.74) is 0. The molecule has 1 aliphatic rings. The van der Waals surface area contributed by atoms with Crippen LogP contribution < -0.4 is 15.5 Å². The fourth-order valence-corrected chi connectivity index (χ4v) is 2.22. The van der Waals surface area contributed by atoms with E-state index in [1.807, 2.05) is 4.90 Å². The van der Waals surface area contributed by atoms with Crippen LogP contribution in [0, 0.1) is 0 Å². The Labute approximate surface area is 160 Å². The minimum atomic E-state index is -1.10. The molecule has 2 rings (SSSR count). The van der Waals surface area contributed by atoms with Crippen LogP contribution in [0.3, 0.4) is 0 Å². The summed E-state index contributed by atoms with van der Waals surface area (Å²) in [7, 11) is 0. The fourth-order valence-electron chi connectivity index (χ4n) is 2.22. The number of anilines is 3. The molecular weight excluding hydrogens is 374 g/mol. The van der Waals surface area contributed by atoms with Gasteiger partial charge in [-0.05, 0) is 13.8 Å². The van der Waals surface area contributed by atoms with E-state index in [-0.39, 0.29) is 25.0 Å². The van der Waals surface area contributed by atoms with Crippen LogP contribution >= 0.6 is 0 Å². The summed E-state index contributed by atoms with van der Waals surface area (Å²) in [6.45, 7) is 5.18. The van der Waals surface area contributed by atoms with Gasteiger partial charge in [-0.1, -0.05) is 0 Å². The van der Waals surface area contributed by atoms with Gasteiger partial charge in [-0.2, -0.15) is 9.97 Å². The molecule has 2 N–H and O–H groups in total. The molecule has 1 aromatic heterocycles. The number of amides is 2. The first-order valence-corrected chi connectivity index (χ1v) is 8.62. The highest BCUT2D eigenvalue weighted by Gasteiger charge is 2.21. The second-order valence-corrected chi connectivity index (χ2v) is 5.38. The molecule has 0 radical (unpaired) electrons. The number of rotatable bonds is 5. The Bertz CT molecular complexity index is 699. The van der Waals surface area contributed by atoms with E-state index < -0.39 is 23.8 Å². The third kappa shape index (κ3) is 5.87. The highest BCUT2D eigenvalue weighted by atomic mass is 16.5. The van der Waals surface area contributed by atoms with Crippen LogP contribution in [0.4, 0.5) is 17.6 Å². The first-order chi connectivity index (χ1) is 13.4. The van der Waals surface area contributed by atoms with Gasteiger partial charge < -0.3 is 24.4 Å². The molecule has 12 nitrogen and oxygen atoms in total. The fraction of sp³-hybridized carbons (Fsp3) is 0.500. The van der Waals surface area contributed by atoms with Crippen LogP contribution in [0.5, 0.6) is 0 Å². The first-order valence-electron chi connectivity index (χ1n) is 8.62. The zero-order valence-electron chi connectivity index (χ0n) is 15.5. The molecule has 1 aromatic rings. The molecular formula is C16H21N5O7. The van der Waals surface area contributed by atoms with E-state index >= 15 is 0 Å². The number of esters is 2. The molecule has 0 aliphatic carbocycles. The number of hydrogen-bond acceptors (Lipinski definition) is 10. The molecule has 0 bridgehead atoms. The van der Waals surface area contributed by atoms with Crippen molar-refractivity contribution < 1.29 is 33.4 Å².